The van der Waals surface area contributed by atoms with E-state index in [2.05, 4.69) is 32.4 Å². The van der Waals surface area contributed by atoms with Crippen molar-refractivity contribution in [2.24, 2.45) is 5.84 Å². The van der Waals surface area contributed by atoms with Crippen LogP contribution in [0.15, 0.2) is 41.0 Å². The summed E-state index contributed by atoms with van der Waals surface area (Å²) in [6, 6.07) is 12.0. The van der Waals surface area contributed by atoms with Gasteiger partial charge >= 0.3 is 0 Å². The van der Waals surface area contributed by atoms with E-state index in [1.807, 2.05) is 30.3 Å². The number of anilines is 1. The predicted octanol–water partition coefficient (Wildman–Crippen LogP) is 3.31. The zero-order chi connectivity index (χ0) is 13.4. The van der Waals surface area contributed by atoms with E-state index in [4.69, 9.17) is 11.1 Å². The number of benzene rings is 2. The SMILES string of the molecule is N#Cc1cnc2c(cc(Br)c3ccccc32)c1NN. The molecule has 4 nitrogen and oxygen atoms in total. The van der Waals surface area contributed by atoms with Crippen LogP contribution in [-0.4, -0.2) is 4.98 Å². The zero-order valence-electron chi connectivity index (χ0n) is 9.81. The number of halogens is 1. The highest BCUT2D eigenvalue weighted by Crippen LogP contribution is 2.35. The smallest absolute Gasteiger partial charge is 0.103 e. The fourth-order valence-corrected chi connectivity index (χ4v) is 2.80. The van der Waals surface area contributed by atoms with Gasteiger partial charge < -0.3 is 5.43 Å². The molecule has 0 unspecified atom stereocenters. The van der Waals surface area contributed by atoms with E-state index in [0.29, 0.717) is 11.3 Å². The lowest BCUT2D eigenvalue weighted by Gasteiger charge is -2.10. The molecule has 1 aromatic heterocycles. The van der Waals surface area contributed by atoms with Crippen LogP contribution in [0.4, 0.5) is 5.69 Å². The Bertz CT molecular complexity index is 836. The number of nitrogen functional groups attached to an aromatic ring is 1. The van der Waals surface area contributed by atoms with Crippen LogP contribution in [0.1, 0.15) is 5.56 Å². The second kappa shape index (κ2) is 4.50. The van der Waals surface area contributed by atoms with Crippen molar-refractivity contribution in [3.05, 3.63) is 46.6 Å². The van der Waals surface area contributed by atoms with Gasteiger partial charge in [0, 0.05) is 21.4 Å². The van der Waals surface area contributed by atoms with Crippen molar-refractivity contribution in [2.75, 3.05) is 5.43 Å². The number of nitrogens with one attached hydrogen (secondary N) is 1. The van der Waals surface area contributed by atoms with Crippen LogP contribution < -0.4 is 11.3 Å². The van der Waals surface area contributed by atoms with Crippen LogP contribution in [-0.2, 0) is 0 Å². The van der Waals surface area contributed by atoms with Gasteiger partial charge in [-0.05, 0) is 11.5 Å². The van der Waals surface area contributed by atoms with Crippen molar-refractivity contribution in [1.82, 2.24) is 4.98 Å². The van der Waals surface area contributed by atoms with Crippen molar-refractivity contribution < 1.29 is 0 Å². The Morgan fingerprint density at radius 1 is 1.21 bits per heavy atom. The first-order chi connectivity index (χ1) is 9.26. The molecular weight excluding hydrogens is 304 g/mol. The Morgan fingerprint density at radius 3 is 2.63 bits per heavy atom. The summed E-state index contributed by atoms with van der Waals surface area (Å²) in [7, 11) is 0. The summed E-state index contributed by atoms with van der Waals surface area (Å²) in [5.41, 5.74) is 4.45. The molecule has 0 fully saturated rings. The van der Waals surface area contributed by atoms with Gasteiger partial charge in [0.05, 0.1) is 16.8 Å². The van der Waals surface area contributed by atoms with Crippen LogP contribution in [0.2, 0.25) is 0 Å². The van der Waals surface area contributed by atoms with Crippen molar-refractivity contribution >= 4 is 43.3 Å². The molecule has 5 heteroatoms. The standard InChI is InChI=1S/C14H9BrN4/c15-12-5-11-13(19-17)8(6-16)7-18-14(11)10-4-2-1-3-9(10)12/h1-5,7H,17H2,(H,18,19). The Balaban J connectivity index is 2.57. The summed E-state index contributed by atoms with van der Waals surface area (Å²) in [6.45, 7) is 0. The summed E-state index contributed by atoms with van der Waals surface area (Å²) in [5, 5.41) is 12.0. The van der Waals surface area contributed by atoms with E-state index in [-0.39, 0.29) is 0 Å². The van der Waals surface area contributed by atoms with Crippen LogP contribution in [0.5, 0.6) is 0 Å². The normalized spacial score (nSPS) is 10.6. The van der Waals surface area contributed by atoms with Crippen LogP contribution >= 0.6 is 15.9 Å². The van der Waals surface area contributed by atoms with Crippen molar-refractivity contribution in [3.63, 3.8) is 0 Å². The van der Waals surface area contributed by atoms with Gasteiger partial charge in [-0.1, -0.05) is 40.2 Å². The maximum atomic E-state index is 9.09. The lowest BCUT2D eigenvalue weighted by atomic mass is 10.0. The van der Waals surface area contributed by atoms with Gasteiger partial charge in [0.2, 0.25) is 0 Å². The molecule has 0 atom stereocenters. The highest BCUT2D eigenvalue weighted by Gasteiger charge is 2.12. The summed E-state index contributed by atoms with van der Waals surface area (Å²) in [5.74, 6) is 5.54. The van der Waals surface area contributed by atoms with Gasteiger partial charge in [-0.25, -0.2) is 0 Å². The van der Waals surface area contributed by atoms with Gasteiger partial charge in [0.15, 0.2) is 0 Å². The van der Waals surface area contributed by atoms with E-state index in [0.717, 1.165) is 26.1 Å². The first-order valence-corrected chi connectivity index (χ1v) is 6.42. The molecule has 0 saturated carbocycles. The topological polar surface area (TPSA) is 74.7 Å². The lowest BCUT2D eigenvalue weighted by Crippen LogP contribution is -2.09. The Morgan fingerprint density at radius 2 is 1.95 bits per heavy atom. The Kier molecular flexibility index (Phi) is 2.82. The van der Waals surface area contributed by atoms with Crippen molar-refractivity contribution in [2.45, 2.75) is 0 Å². The number of fused-ring (bicyclic) bond motifs is 3. The average Bonchev–Trinajstić information content (AvgIpc) is 2.46. The number of aromatic nitrogens is 1. The molecule has 0 saturated heterocycles. The zero-order valence-corrected chi connectivity index (χ0v) is 11.4. The van der Waals surface area contributed by atoms with E-state index >= 15 is 0 Å². The largest absolute Gasteiger partial charge is 0.322 e. The quantitative estimate of drug-likeness (QED) is 0.410. The van der Waals surface area contributed by atoms with Gasteiger partial charge in [-0.3, -0.25) is 10.8 Å². The van der Waals surface area contributed by atoms with Gasteiger partial charge in [-0.2, -0.15) is 5.26 Å². The molecule has 0 spiro atoms. The van der Waals surface area contributed by atoms with Crippen LogP contribution in [0, 0.1) is 11.3 Å². The summed E-state index contributed by atoms with van der Waals surface area (Å²) in [4.78, 5) is 4.39. The highest BCUT2D eigenvalue weighted by molar-refractivity contribution is 9.10. The molecule has 2 aromatic carbocycles. The summed E-state index contributed by atoms with van der Waals surface area (Å²) < 4.78 is 0.948. The number of hydrogen-bond donors (Lipinski definition) is 2. The third-order valence-electron chi connectivity index (χ3n) is 3.09. The maximum Gasteiger partial charge on any atom is 0.103 e. The molecule has 0 amide bonds. The molecule has 0 radical (unpaired) electrons. The van der Waals surface area contributed by atoms with Crippen LogP contribution in [0.25, 0.3) is 21.7 Å². The molecule has 19 heavy (non-hydrogen) atoms. The first-order valence-electron chi connectivity index (χ1n) is 5.63. The molecule has 0 aliphatic heterocycles. The molecule has 0 bridgehead atoms. The van der Waals surface area contributed by atoms with Gasteiger partial charge in [0.25, 0.3) is 0 Å². The number of nitrogens with two attached hydrogens (primary N) is 1. The molecule has 0 aliphatic carbocycles. The second-order valence-electron chi connectivity index (χ2n) is 4.10. The molecule has 92 valence electrons. The number of nitriles is 1. The predicted molar refractivity (Wildman–Crippen MR) is 79.5 cm³/mol. The second-order valence-corrected chi connectivity index (χ2v) is 4.96. The number of hydrazine groups is 1. The fourth-order valence-electron chi connectivity index (χ4n) is 2.22. The van der Waals surface area contributed by atoms with Crippen molar-refractivity contribution in [1.29, 1.82) is 5.26 Å². The van der Waals surface area contributed by atoms with E-state index in [1.54, 1.807) is 0 Å². The minimum Gasteiger partial charge on any atom is -0.322 e. The summed E-state index contributed by atoms with van der Waals surface area (Å²) in [6.07, 6.45) is 1.54. The number of nitrogens with zero attached hydrogens (tertiary/aromatic N) is 2. The van der Waals surface area contributed by atoms with Gasteiger partial charge in [0.1, 0.15) is 6.07 Å². The van der Waals surface area contributed by atoms with Crippen molar-refractivity contribution in [3.8, 4) is 6.07 Å². The molecule has 1 heterocycles. The van der Waals surface area contributed by atoms with E-state index in [9.17, 15) is 0 Å². The lowest BCUT2D eigenvalue weighted by molar-refractivity contribution is 1.31. The fraction of sp³-hybridized carbons (Fsp3) is 0. The molecular formula is C14H9BrN4. The third-order valence-corrected chi connectivity index (χ3v) is 3.75. The number of rotatable bonds is 1. The Hall–Kier alpha value is -2.16. The molecule has 0 aliphatic rings. The highest BCUT2D eigenvalue weighted by atomic mass is 79.9. The maximum absolute atomic E-state index is 9.09. The monoisotopic (exact) mass is 312 g/mol. The number of pyridine rings is 1. The Labute approximate surface area is 117 Å². The van der Waals surface area contributed by atoms with E-state index in [1.165, 1.54) is 6.20 Å². The minimum absolute atomic E-state index is 0.428. The third kappa shape index (κ3) is 1.73. The van der Waals surface area contributed by atoms with Gasteiger partial charge in [-0.15, -0.1) is 0 Å². The van der Waals surface area contributed by atoms with Crippen LogP contribution in [0.3, 0.4) is 0 Å². The molecule has 3 aromatic rings. The summed E-state index contributed by atoms with van der Waals surface area (Å²) >= 11 is 3.55. The molecule has 3 rings (SSSR count). The average molecular weight is 313 g/mol. The van der Waals surface area contributed by atoms with E-state index < -0.39 is 0 Å². The molecule has 3 N–H and O–H groups in total. The first kappa shape index (κ1) is 11.9. The number of hydrogen-bond acceptors (Lipinski definition) is 4. The minimum atomic E-state index is 0.428.